The SMILES string of the molecule is C/C(=C\C=C/Cc1c2c(c(-c3ccccc3)c3ccccc13)C=CCC2)B(c1c(C)ccc2ccccc12)c1c(C)ccc2ccccc12. The van der Waals surface area contributed by atoms with E-state index in [0.29, 0.717) is 0 Å². The maximum absolute atomic E-state index is 2.38. The van der Waals surface area contributed by atoms with Crippen LogP contribution in [0.25, 0.3) is 49.5 Å². The molecule has 0 nitrogen and oxygen atoms in total. The van der Waals surface area contributed by atoms with Crippen molar-refractivity contribution in [2.75, 3.05) is 0 Å². The first-order chi connectivity index (χ1) is 24.1. The lowest BCUT2D eigenvalue weighted by molar-refractivity contribution is 0.966. The molecular weight excluding hydrogens is 587 g/mol. The Kier molecular flexibility index (Phi) is 8.36. The van der Waals surface area contributed by atoms with E-state index in [1.54, 1.807) is 0 Å². The summed E-state index contributed by atoms with van der Waals surface area (Å²) in [5.74, 6) is 0. The van der Waals surface area contributed by atoms with Crippen LogP contribution in [0, 0.1) is 13.8 Å². The second-order valence-corrected chi connectivity index (χ2v) is 13.6. The molecule has 0 saturated heterocycles. The molecule has 0 atom stereocenters. The summed E-state index contributed by atoms with van der Waals surface area (Å²) >= 11 is 0. The molecule has 0 saturated carbocycles. The van der Waals surface area contributed by atoms with Crippen LogP contribution in [0.1, 0.15) is 41.2 Å². The number of rotatable bonds is 7. The van der Waals surface area contributed by atoms with E-state index in [-0.39, 0.29) is 6.71 Å². The Morgan fingerprint density at radius 3 is 1.86 bits per heavy atom. The minimum absolute atomic E-state index is 0.130. The molecule has 7 aromatic carbocycles. The Bertz CT molecular complexity index is 2360. The van der Waals surface area contributed by atoms with Crippen molar-refractivity contribution >= 4 is 56.0 Å². The summed E-state index contributed by atoms with van der Waals surface area (Å²) in [6.07, 6.45) is 14.9. The third kappa shape index (κ3) is 5.64. The van der Waals surface area contributed by atoms with E-state index in [0.717, 1.165) is 19.3 Å². The van der Waals surface area contributed by atoms with Crippen molar-refractivity contribution in [1.29, 1.82) is 0 Å². The molecule has 0 radical (unpaired) electrons. The third-order valence-corrected chi connectivity index (χ3v) is 10.6. The van der Waals surface area contributed by atoms with Crippen LogP contribution >= 0.6 is 0 Å². The molecule has 8 rings (SSSR count). The minimum Gasteiger partial charge on any atom is -0.0938 e. The highest BCUT2D eigenvalue weighted by molar-refractivity contribution is 6.94. The smallest absolute Gasteiger partial charge is 0.0938 e. The summed E-state index contributed by atoms with van der Waals surface area (Å²) in [5.41, 5.74) is 13.8. The first-order valence-corrected chi connectivity index (χ1v) is 17.7. The van der Waals surface area contributed by atoms with E-state index < -0.39 is 0 Å². The third-order valence-electron chi connectivity index (χ3n) is 10.6. The minimum atomic E-state index is 0.130. The van der Waals surface area contributed by atoms with Crippen molar-refractivity contribution in [2.24, 2.45) is 0 Å². The van der Waals surface area contributed by atoms with Crippen molar-refractivity contribution in [3.8, 4) is 11.1 Å². The zero-order chi connectivity index (χ0) is 33.3. The van der Waals surface area contributed by atoms with E-state index in [1.807, 2.05) is 0 Å². The number of benzene rings is 7. The van der Waals surface area contributed by atoms with Gasteiger partial charge in [0.05, 0.1) is 0 Å². The standard InChI is InChI=1S/C48H41B/c1-33-29-31-36-18-8-11-22-39(36)47(33)49(48-34(2)30-32-37-19-9-12-23-40(37)48)35(3)17-7-10-24-41-42-25-13-15-27-44(42)46(38-20-5-4-6-21-38)45-28-16-14-26-43(41)45/h4-13,15-23,25,27-32H,14,24,26H2,1-3H3/b10-7-,35-17+. The van der Waals surface area contributed by atoms with Crippen LogP contribution in [0.15, 0.2) is 157 Å². The zero-order valence-electron chi connectivity index (χ0n) is 28.7. The van der Waals surface area contributed by atoms with Crippen LogP contribution in [-0.2, 0) is 12.8 Å². The van der Waals surface area contributed by atoms with E-state index in [4.69, 9.17) is 0 Å². The zero-order valence-corrected chi connectivity index (χ0v) is 28.7. The summed E-state index contributed by atoms with van der Waals surface area (Å²) in [7, 11) is 0. The highest BCUT2D eigenvalue weighted by Crippen LogP contribution is 2.40. The van der Waals surface area contributed by atoms with Crippen LogP contribution < -0.4 is 10.9 Å². The number of hydrogen-bond donors (Lipinski definition) is 0. The van der Waals surface area contributed by atoms with Gasteiger partial charge in [0.15, 0.2) is 0 Å². The molecule has 1 aliphatic rings. The summed E-state index contributed by atoms with van der Waals surface area (Å²) in [6, 6.07) is 46.8. The highest BCUT2D eigenvalue weighted by atomic mass is 14.2. The Morgan fingerprint density at radius 1 is 0.633 bits per heavy atom. The first-order valence-electron chi connectivity index (χ1n) is 17.7. The van der Waals surface area contributed by atoms with Gasteiger partial charge in [0, 0.05) is 0 Å². The van der Waals surface area contributed by atoms with Crippen molar-refractivity contribution in [1.82, 2.24) is 0 Å². The predicted molar refractivity (Wildman–Crippen MR) is 216 cm³/mol. The molecule has 0 aromatic heterocycles. The van der Waals surface area contributed by atoms with Gasteiger partial charge in [-0.3, -0.25) is 0 Å². The maximum atomic E-state index is 2.38. The Morgan fingerprint density at radius 2 is 1.20 bits per heavy atom. The molecule has 0 amide bonds. The van der Waals surface area contributed by atoms with Crippen molar-refractivity contribution < 1.29 is 0 Å². The van der Waals surface area contributed by atoms with Crippen LogP contribution in [0.3, 0.4) is 0 Å². The van der Waals surface area contributed by atoms with Gasteiger partial charge in [-0.15, -0.1) is 0 Å². The monoisotopic (exact) mass is 628 g/mol. The van der Waals surface area contributed by atoms with Crippen molar-refractivity contribution in [3.63, 3.8) is 0 Å². The Balaban J connectivity index is 1.25. The van der Waals surface area contributed by atoms with Crippen LogP contribution in [0.2, 0.25) is 0 Å². The van der Waals surface area contributed by atoms with Gasteiger partial charge < -0.3 is 0 Å². The van der Waals surface area contributed by atoms with Gasteiger partial charge >= 0.3 is 0 Å². The summed E-state index contributed by atoms with van der Waals surface area (Å²) in [5, 5.41) is 7.96. The van der Waals surface area contributed by atoms with Gasteiger partial charge in [-0.2, -0.15) is 0 Å². The van der Waals surface area contributed by atoms with Gasteiger partial charge in [0.25, 0.3) is 0 Å². The van der Waals surface area contributed by atoms with E-state index >= 15 is 0 Å². The lowest BCUT2D eigenvalue weighted by Gasteiger charge is -2.24. The molecule has 1 aliphatic carbocycles. The van der Waals surface area contributed by atoms with Gasteiger partial charge in [-0.25, -0.2) is 0 Å². The molecule has 49 heavy (non-hydrogen) atoms. The second kappa shape index (κ2) is 13.2. The lowest BCUT2D eigenvalue weighted by atomic mass is 9.34. The van der Waals surface area contributed by atoms with E-state index in [2.05, 4.69) is 179 Å². The molecule has 236 valence electrons. The quantitative estimate of drug-likeness (QED) is 0.122. The highest BCUT2D eigenvalue weighted by Gasteiger charge is 2.28. The van der Waals surface area contributed by atoms with Crippen LogP contribution in [0.5, 0.6) is 0 Å². The largest absolute Gasteiger partial charge is 0.239 e. The fraction of sp³-hybridized carbons (Fsp3) is 0.125. The number of hydrogen-bond acceptors (Lipinski definition) is 0. The van der Waals surface area contributed by atoms with Crippen LogP contribution in [-0.4, -0.2) is 6.71 Å². The second-order valence-electron chi connectivity index (χ2n) is 13.6. The molecule has 0 fully saturated rings. The van der Waals surface area contributed by atoms with Gasteiger partial charge in [0.2, 0.25) is 6.71 Å². The van der Waals surface area contributed by atoms with Gasteiger partial charge in [0.1, 0.15) is 0 Å². The summed E-state index contributed by atoms with van der Waals surface area (Å²) < 4.78 is 0. The topological polar surface area (TPSA) is 0 Å². The lowest BCUT2D eigenvalue weighted by Crippen LogP contribution is -2.47. The molecule has 0 heterocycles. The average Bonchev–Trinajstić information content (AvgIpc) is 3.15. The van der Waals surface area contributed by atoms with E-state index in [9.17, 15) is 0 Å². The van der Waals surface area contributed by atoms with E-state index in [1.165, 1.54) is 87.7 Å². The average molecular weight is 629 g/mol. The fourth-order valence-electron chi connectivity index (χ4n) is 8.31. The summed E-state index contributed by atoms with van der Waals surface area (Å²) in [6.45, 7) is 7.01. The molecule has 0 aliphatic heterocycles. The molecule has 7 aromatic rings. The normalized spacial score (nSPS) is 13.1. The Hall–Kier alpha value is -5.40. The first kappa shape index (κ1) is 30.9. The summed E-state index contributed by atoms with van der Waals surface area (Å²) in [4.78, 5) is 0. The number of aryl methyl sites for hydroxylation is 2. The molecule has 0 unspecified atom stereocenters. The maximum Gasteiger partial charge on any atom is 0.239 e. The molecular formula is C48H41B. The fourth-order valence-corrected chi connectivity index (χ4v) is 8.31. The van der Waals surface area contributed by atoms with Gasteiger partial charge in [-0.1, -0.05) is 192 Å². The number of allylic oxidation sites excluding steroid dienone is 5. The number of fused-ring (bicyclic) bond motifs is 4. The van der Waals surface area contributed by atoms with Gasteiger partial charge in [-0.05, 0) is 93.2 Å². The molecule has 0 N–H and O–H groups in total. The predicted octanol–water partition coefficient (Wildman–Crippen LogP) is 11.3. The van der Waals surface area contributed by atoms with Crippen molar-refractivity contribution in [2.45, 2.75) is 40.0 Å². The molecule has 0 bridgehead atoms. The molecule has 0 spiro atoms. The van der Waals surface area contributed by atoms with Crippen molar-refractivity contribution in [3.05, 3.63) is 185 Å². The van der Waals surface area contributed by atoms with Crippen LogP contribution in [0.4, 0.5) is 0 Å². The molecule has 1 heteroatoms. The Labute approximate surface area is 291 Å².